The summed E-state index contributed by atoms with van der Waals surface area (Å²) in [5.74, 6) is 0.0431. The molecule has 0 saturated heterocycles. The van der Waals surface area contributed by atoms with Gasteiger partial charge in [-0.3, -0.25) is 4.79 Å². The molecule has 0 bridgehead atoms. The molecule has 0 N–H and O–H groups in total. The molecule has 0 spiro atoms. The summed E-state index contributed by atoms with van der Waals surface area (Å²) >= 11 is 0. The maximum absolute atomic E-state index is 11.6. The Morgan fingerprint density at radius 2 is 1.35 bits per heavy atom. The monoisotopic (exact) mass is 324 g/mol. The van der Waals surface area contributed by atoms with E-state index in [1.165, 1.54) is 71.3 Å². The van der Waals surface area contributed by atoms with Gasteiger partial charge in [-0.15, -0.1) is 0 Å². The Balaban J connectivity index is 3.44. The second-order valence-electron chi connectivity index (χ2n) is 6.67. The van der Waals surface area contributed by atoms with Crippen molar-refractivity contribution in [3.05, 3.63) is 12.2 Å². The van der Waals surface area contributed by atoms with Crippen LogP contribution in [0.15, 0.2) is 12.2 Å². The molecule has 0 aliphatic heterocycles. The third-order valence-corrected chi connectivity index (χ3v) is 4.49. The van der Waals surface area contributed by atoms with Crippen molar-refractivity contribution in [1.82, 2.24) is 0 Å². The molecule has 2 nitrogen and oxygen atoms in total. The van der Waals surface area contributed by atoms with Gasteiger partial charge in [0.1, 0.15) is 0 Å². The predicted molar refractivity (Wildman–Crippen MR) is 101 cm³/mol. The van der Waals surface area contributed by atoms with Crippen molar-refractivity contribution < 1.29 is 9.53 Å². The topological polar surface area (TPSA) is 26.3 Å². The summed E-state index contributed by atoms with van der Waals surface area (Å²) in [5.41, 5.74) is 0. The molecule has 0 aliphatic rings. The highest BCUT2D eigenvalue weighted by atomic mass is 16.5. The third kappa shape index (κ3) is 14.5. The fraction of sp³-hybridized carbons (Fsp3) is 0.857. The van der Waals surface area contributed by atoms with E-state index in [2.05, 4.69) is 26.0 Å². The van der Waals surface area contributed by atoms with Gasteiger partial charge in [0.05, 0.1) is 13.0 Å². The van der Waals surface area contributed by atoms with E-state index in [-0.39, 0.29) is 11.9 Å². The van der Waals surface area contributed by atoms with E-state index in [1.807, 2.05) is 0 Å². The molecule has 0 aromatic rings. The SMILES string of the molecule is CCCCCCCCCCCC=CCCC(CCC)C(=O)OC. The van der Waals surface area contributed by atoms with Crippen LogP contribution in [-0.4, -0.2) is 13.1 Å². The molecule has 0 amide bonds. The molecule has 0 fully saturated rings. The van der Waals surface area contributed by atoms with E-state index < -0.39 is 0 Å². The number of esters is 1. The third-order valence-electron chi connectivity index (χ3n) is 4.49. The molecular weight excluding hydrogens is 284 g/mol. The van der Waals surface area contributed by atoms with Gasteiger partial charge < -0.3 is 4.74 Å². The van der Waals surface area contributed by atoms with Gasteiger partial charge in [-0.1, -0.05) is 83.8 Å². The number of allylic oxidation sites excluding steroid dienone is 2. The lowest BCUT2D eigenvalue weighted by Crippen LogP contribution is -2.15. The van der Waals surface area contributed by atoms with Gasteiger partial charge in [-0.2, -0.15) is 0 Å². The van der Waals surface area contributed by atoms with E-state index >= 15 is 0 Å². The van der Waals surface area contributed by atoms with E-state index in [4.69, 9.17) is 4.74 Å². The molecular formula is C21H40O2. The average Bonchev–Trinajstić information content (AvgIpc) is 2.57. The first-order valence-corrected chi connectivity index (χ1v) is 9.99. The number of hydrogen-bond donors (Lipinski definition) is 0. The second kappa shape index (κ2) is 17.6. The van der Waals surface area contributed by atoms with Crippen LogP contribution >= 0.6 is 0 Å². The minimum absolute atomic E-state index is 0.0424. The Kier molecular flexibility index (Phi) is 17.0. The lowest BCUT2D eigenvalue weighted by molar-refractivity contribution is -0.145. The van der Waals surface area contributed by atoms with Gasteiger partial charge in [0.15, 0.2) is 0 Å². The fourth-order valence-corrected chi connectivity index (χ4v) is 3.00. The summed E-state index contributed by atoms with van der Waals surface area (Å²) in [5, 5.41) is 0. The zero-order chi connectivity index (χ0) is 17.2. The van der Waals surface area contributed by atoms with Gasteiger partial charge in [-0.05, 0) is 32.1 Å². The standard InChI is InChI=1S/C21H40O2/c1-4-6-7-8-9-10-11-12-13-14-15-16-17-19-20(18-5-2)21(22)23-3/h15-16,20H,4-14,17-19H2,1-3H3. The van der Waals surface area contributed by atoms with Crippen LogP contribution in [-0.2, 0) is 9.53 Å². The molecule has 0 aromatic carbocycles. The van der Waals surface area contributed by atoms with Crippen LogP contribution in [0.1, 0.15) is 104 Å². The fourth-order valence-electron chi connectivity index (χ4n) is 3.00. The Morgan fingerprint density at radius 1 is 0.783 bits per heavy atom. The number of rotatable bonds is 16. The Labute approximate surface area is 145 Å². The summed E-state index contributed by atoms with van der Waals surface area (Å²) in [6.45, 7) is 4.39. The molecule has 1 unspecified atom stereocenters. The first-order chi connectivity index (χ1) is 11.3. The number of hydrogen-bond acceptors (Lipinski definition) is 2. The first-order valence-electron chi connectivity index (χ1n) is 9.99. The Hall–Kier alpha value is -0.790. The molecule has 1 atom stereocenters. The van der Waals surface area contributed by atoms with Crippen molar-refractivity contribution >= 4 is 5.97 Å². The number of unbranched alkanes of at least 4 members (excludes halogenated alkanes) is 9. The number of carbonyl (C=O) groups is 1. The van der Waals surface area contributed by atoms with Crippen LogP contribution in [0.25, 0.3) is 0 Å². The number of carbonyl (C=O) groups excluding carboxylic acids is 1. The number of ether oxygens (including phenoxy) is 1. The van der Waals surface area contributed by atoms with Crippen LogP contribution in [0.3, 0.4) is 0 Å². The van der Waals surface area contributed by atoms with E-state index in [0.29, 0.717) is 0 Å². The maximum Gasteiger partial charge on any atom is 0.308 e. The molecule has 0 rings (SSSR count). The van der Waals surface area contributed by atoms with E-state index in [9.17, 15) is 4.79 Å². The predicted octanol–water partition coefficient (Wildman–Crippen LogP) is 6.83. The van der Waals surface area contributed by atoms with Crippen molar-refractivity contribution in [2.24, 2.45) is 5.92 Å². The second-order valence-corrected chi connectivity index (χ2v) is 6.67. The van der Waals surface area contributed by atoms with Gasteiger partial charge >= 0.3 is 5.97 Å². The van der Waals surface area contributed by atoms with E-state index in [1.54, 1.807) is 0 Å². The summed E-state index contributed by atoms with van der Waals surface area (Å²) in [7, 11) is 1.49. The van der Waals surface area contributed by atoms with Crippen molar-refractivity contribution in [3.63, 3.8) is 0 Å². The minimum atomic E-state index is -0.0424. The Morgan fingerprint density at radius 3 is 1.91 bits per heavy atom. The van der Waals surface area contributed by atoms with Crippen molar-refractivity contribution in [1.29, 1.82) is 0 Å². The summed E-state index contributed by atoms with van der Waals surface area (Å²) < 4.78 is 4.87. The normalized spacial score (nSPS) is 12.7. The molecule has 0 aliphatic carbocycles. The van der Waals surface area contributed by atoms with Crippen LogP contribution < -0.4 is 0 Å². The molecule has 0 heterocycles. The largest absolute Gasteiger partial charge is 0.469 e. The molecule has 23 heavy (non-hydrogen) atoms. The smallest absolute Gasteiger partial charge is 0.308 e. The van der Waals surface area contributed by atoms with Crippen molar-refractivity contribution in [2.75, 3.05) is 7.11 Å². The van der Waals surface area contributed by atoms with Gasteiger partial charge in [0.25, 0.3) is 0 Å². The summed E-state index contributed by atoms with van der Waals surface area (Å²) in [6, 6.07) is 0. The lowest BCUT2D eigenvalue weighted by Gasteiger charge is -2.11. The van der Waals surface area contributed by atoms with Gasteiger partial charge in [-0.25, -0.2) is 0 Å². The van der Waals surface area contributed by atoms with Crippen molar-refractivity contribution in [2.45, 2.75) is 104 Å². The van der Waals surface area contributed by atoms with Crippen LogP contribution in [0.4, 0.5) is 0 Å². The first kappa shape index (κ1) is 22.2. The van der Waals surface area contributed by atoms with Crippen LogP contribution in [0, 0.1) is 5.92 Å². The molecule has 0 radical (unpaired) electrons. The van der Waals surface area contributed by atoms with Crippen LogP contribution in [0.5, 0.6) is 0 Å². The molecule has 0 saturated carbocycles. The summed E-state index contributed by atoms with van der Waals surface area (Å²) in [4.78, 5) is 11.6. The van der Waals surface area contributed by atoms with Crippen molar-refractivity contribution in [3.8, 4) is 0 Å². The van der Waals surface area contributed by atoms with E-state index in [0.717, 1.165) is 25.7 Å². The number of methoxy groups -OCH3 is 1. The summed E-state index contributed by atoms with van der Waals surface area (Å²) in [6.07, 6.45) is 22.1. The molecule has 2 heteroatoms. The van der Waals surface area contributed by atoms with Gasteiger partial charge in [0.2, 0.25) is 0 Å². The highest BCUT2D eigenvalue weighted by Gasteiger charge is 2.16. The quantitative estimate of drug-likeness (QED) is 0.177. The zero-order valence-corrected chi connectivity index (χ0v) is 15.9. The average molecular weight is 325 g/mol. The molecule has 136 valence electrons. The highest BCUT2D eigenvalue weighted by molar-refractivity contribution is 5.72. The van der Waals surface area contributed by atoms with Gasteiger partial charge in [0, 0.05) is 0 Å². The molecule has 0 aromatic heterocycles. The zero-order valence-electron chi connectivity index (χ0n) is 15.9. The minimum Gasteiger partial charge on any atom is -0.469 e. The van der Waals surface area contributed by atoms with Crippen LogP contribution in [0.2, 0.25) is 0 Å². The highest BCUT2D eigenvalue weighted by Crippen LogP contribution is 2.16. The lowest BCUT2D eigenvalue weighted by atomic mass is 9.98. The Bertz CT molecular complexity index is 284. The maximum atomic E-state index is 11.6.